The molecule has 2 saturated heterocycles. The van der Waals surface area contributed by atoms with Crippen molar-refractivity contribution < 1.29 is 28.8 Å². The normalized spacial score (nSPS) is 20.7. The van der Waals surface area contributed by atoms with Crippen LogP contribution in [0.15, 0.2) is 93.0 Å². The number of carboxylic acid groups (broad SMARTS) is 1. The smallest absolute Gasteiger partial charge is 0.438 e. The lowest BCUT2D eigenvalue weighted by Gasteiger charge is -2.31. The van der Waals surface area contributed by atoms with E-state index in [9.17, 15) is 24.3 Å². The van der Waals surface area contributed by atoms with E-state index in [2.05, 4.69) is 22.3 Å². The molecule has 0 bridgehead atoms. The second kappa shape index (κ2) is 13.9. The number of anilines is 2. The molecule has 2 N–H and O–H groups in total. The molecule has 59 heavy (non-hydrogen) atoms. The van der Waals surface area contributed by atoms with E-state index in [0.29, 0.717) is 60.6 Å². The number of ether oxygens (including phenoxy) is 1. The number of nitrogens with one attached hydrogen (secondary N) is 1. The Kier molecular flexibility index (Phi) is 8.63. The Morgan fingerprint density at radius 1 is 0.898 bits per heavy atom. The summed E-state index contributed by atoms with van der Waals surface area (Å²) in [5, 5.41) is 14.8. The van der Waals surface area contributed by atoms with Crippen molar-refractivity contribution in [3.8, 4) is 5.69 Å². The lowest BCUT2D eigenvalue weighted by molar-refractivity contribution is 0.0694. The number of fused-ring (bicyclic) bond motifs is 2. The fourth-order valence-corrected chi connectivity index (χ4v) is 9.25. The number of hydrogen-bond donors (Lipinski definition) is 2. The minimum atomic E-state index is -1.16. The van der Waals surface area contributed by atoms with Crippen LogP contribution in [0.5, 0.6) is 0 Å². The molecule has 2 unspecified atom stereocenters. The first-order valence-electron chi connectivity index (χ1n) is 19.8. The quantitative estimate of drug-likeness (QED) is 0.215. The van der Waals surface area contributed by atoms with Crippen molar-refractivity contribution >= 4 is 40.4 Å². The van der Waals surface area contributed by atoms with Crippen molar-refractivity contribution in [2.75, 3.05) is 42.6 Å². The van der Waals surface area contributed by atoms with Crippen LogP contribution in [0.3, 0.4) is 0 Å². The number of nitrogens with zero attached hydrogens (tertiary/aromatic N) is 7. The molecule has 1 saturated carbocycles. The molecule has 3 fully saturated rings. The van der Waals surface area contributed by atoms with Crippen molar-refractivity contribution in [1.29, 1.82) is 0 Å². The monoisotopic (exact) mass is 796 g/mol. The molecule has 4 aliphatic rings. The van der Waals surface area contributed by atoms with Gasteiger partial charge < -0.3 is 19.3 Å². The summed E-state index contributed by atoms with van der Waals surface area (Å²) in [4.78, 5) is 80.4. The molecule has 16 nitrogen and oxygen atoms in total. The Balaban J connectivity index is 1.07. The fraction of sp³-hybridized carbons (Fsp3) is 0.326. The van der Waals surface area contributed by atoms with Crippen LogP contribution in [0, 0.1) is 5.92 Å². The molecule has 3 aromatic carbocycles. The molecular formula is C43H40N8O8. The molecule has 300 valence electrons. The molecule has 3 amide bonds. The van der Waals surface area contributed by atoms with Crippen LogP contribution >= 0.6 is 0 Å². The Morgan fingerprint density at radius 2 is 1.66 bits per heavy atom. The molecule has 6 aromatic rings. The highest BCUT2D eigenvalue weighted by atomic mass is 16.5. The number of benzene rings is 3. The minimum Gasteiger partial charge on any atom is -0.478 e. The second-order valence-corrected chi connectivity index (χ2v) is 15.8. The Hall–Kier alpha value is -6.81. The minimum absolute atomic E-state index is 0.0124. The van der Waals surface area contributed by atoms with E-state index in [4.69, 9.17) is 14.2 Å². The number of carbonyl (C=O) groups excluding carboxylic acids is 2. The van der Waals surface area contributed by atoms with Gasteiger partial charge in [0.15, 0.2) is 5.82 Å². The first-order valence-corrected chi connectivity index (χ1v) is 19.8. The van der Waals surface area contributed by atoms with E-state index >= 15 is 4.79 Å². The van der Waals surface area contributed by atoms with Gasteiger partial charge in [-0.05, 0) is 91.6 Å². The van der Waals surface area contributed by atoms with Gasteiger partial charge in [-0.25, -0.2) is 23.9 Å². The lowest BCUT2D eigenvalue weighted by Crippen LogP contribution is -2.43. The number of para-hydroxylation sites is 1. The highest BCUT2D eigenvalue weighted by molar-refractivity contribution is 6.05. The Labute approximate surface area is 336 Å². The van der Waals surface area contributed by atoms with Crippen LogP contribution in [0.25, 0.3) is 16.6 Å². The van der Waals surface area contributed by atoms with Crippen LogP contribution < -0.4 is 21.1 Å². The van der Waals surface area contributed by atoms with E-state index in [-0.39, 0.29) is 55.1 Å². The largest absolute Gasteiger partial charge is 0.478 e. The standard InChI is InChI=1S/C43H40N8O8/c1-25-23-43(25,39-45-41(56)59-46-39)51-34-11-10-27(26-13-18-58-19-14-26)20-29(34)22-35(51)37(53)47-15-12-32-33(24-47)44-40(49-17-16-48(42(49)57)30-7-3-2-4-8-30)50(36(32)52)31-9-5-6-28(21-31)38(54)55/h2-11,20-22,25-26H,12-19,23-24H2,1H3,(H,54,55)(H,45,46,56). The van der Waals surface area contributed by atoms with Crippen molar-refractivity contribution in [3.63, 3.8) is 0 Å². The first-order chi connectivity index (χ1) is 28.6. The van der Waals surface area contributed by atoms with Gasteiger partial charge in [-0.3, -0.25) is 28.9 Å². The summed E-state index contributed by atoms with van der Waals surface area (Å²) < 4.78 is 13.9. The summed E-state index contributed by atoms with van der Waals surface area (Å²) in [6.07, 6.45) is 2.59. The van der Waals surface area contributed by atoms with Crippen LogP contribution in [0.1, 0.15) is 75.6 Å². The molecule has 16 heteroatoms. The predicted octanol–water partition coefficient (Wildman–Crippen LogP) is 4.88. The van der Waals surface area contributed by atoms with Gasteiger partial charge in [0, 0.05) is 55.0 Å². The maximum atomic E-state index is 15.0. The van der Waals surface area contributed by atoms with E-state index in [1.54, 1.807) is 21.9 Å². The summed E-state index contributed by atoms with van der Waals surface area (Å²) in [5.74, 6) is -1.42. The molecule has 2 atom stereocenters. The van der Waals surface area contributed by atoms with E-state index in [0.717, 1.165) is 23.7 Å². The number of aromatic nitrogens is 5. The number of hydrogen-bond acceptors (Lipinski definition) is 9. The average Bonchev–Trinajstić information content (AvgIpc) is 3.58. The summed E-state index contributed by atoms with van der Waals surface area (Å²) in [5.41, 5.74) is 2.73. The lowest BCUT2D eigenvalue weighted by atomic mass is 9.91. The van der Waals surface area contributed by atoms with Crippen molar-refractivity contribution in [3.05, 3.63) is 134 Å². The molecule has 0 spiro atoms. The number of amides is 3. The van der Waals surface area contributed by atoms with E-state index in [1.165, 1.54) is 27.2 Å². The van der Waals surface area contributed by atoms with Crippen LogP contribution in [-0.2, 0) is 23.2 Å². The maximum Gasteiger partial charge on any atom is 0.438 e. The van der Waals surface area contributed by atoms with Gasteiger partial charge in [-0.15, -0.1) is 0 Å². The number of aromatic carboxylic acids is 1. The highest BCUT2D eigenvalue weighted by Crippen LogP contribution is 2.56. The molecule has 3 aromatic heterocycles. The number of aromatic amines is 1. The summed E-state index contributed by atoms with van der Waals surface area (Å²) >= 11 is 0. The molecule has 6 heterocycles. The van der Waals surface area contributed by atoms with Gasteiger partial charge in [0.2, 0.25) is 5.95 Å². The summed E-state index contributed by atoms with van der Waals surface area (Å²) in [7, 11) is 0. The molecule has 0 radical (unpaired) electrons. The van der Waals surface area contributed by atoms with Crippen molar-refractivity contribution in [2.45, 2.75) is 50.6 Å². The van der Waals surface area contributed by atoms with Gasteiger partial charge in [0.25, 0.3) is 11.5 Å². The SMILES string of the molecule is CC1CC1(c1noc(=O)[nH]1)n1c(C(=O)N2CCc3c(nc(N4CCN(c5ccccc5)C4=O)n(-c4cccc(C(=O)O)c4)c3=O)C2)cc2cc(C3CCOCC3)ccc21. The molecular weight excluding hydrogens is 757 g/mol. The zero-order chi connectivity index (χ0) is 40.6. The highest BCUT2D eigenvalue weighted by Gasteiger charge is 2.59. The molecule has 3 aliphatic heterocycles. The molecule has 10 rings (SSSR count). The van der Waals surface area contributed by atoms with Gasteiger partial charge in [-0.2, -0.15) is 0 Å². The number of urea groups is 1. The maximum absolute atomic E-state index is 15.0. The Bertz CT molecular complexity index is 2800. The third-order valence-electron chi connectivity index (χ3n) is 12.4. The number of carboxylic acids is 1. The van der Waals surface area contributed by atoms with Gasteiger partial charge >= 0.3 is 17.8 Å². The summed E-state index contributed by atoms with van der Waals surface area (Å²) in [6, 6.07) is 22.9. The fourth-order valence-electron chi connectivity index (χ4n) is 9.25. The van der Waals surface area contributed by atoms with E-state index in [1.807, 2.05) is 54.0 Å². The Morgan fingerprint density at radius 3 is 2.39 bits per heavy atom. The van der Waals surface area contributed by atoms with Crippen LogP contribution in [0.2, 0.25) is 0 Å². The predicted molar refractivity (Wildman–Crippen MR) is 214 cm³/mol. The van der Waals surface area contributed by atoms with E-state index < -0.39 is 28.9 Å². The third-order valence-corrected chi connectivity index (χ3v) is 12.4. The van der Waals surface area contributed by atoms with Crippen molar-refractivity contribution in [2.24, 2.45) is 5.92 Å². The average molecular weight is 797 g/mol. The third kappa shape index (κ3) is 5.96. The zero-order valence-electron chi connectivity index (χ0n) is 32.2. The molecule has 1 aliphatic carbocycles. The van der Waals surface area contributed by atoms with Gasteiger partial charge in [-0.1, -0.05) is 42.4 Å². The number of rotatable bonds is 8. The summed E-state index contributed by atoms with van der Waals surface area (Å²) in [6.45, 7) is 4.14. The van der Waals surface area contributed by atoms with Crippen molar-refractivity contribution in [1.82, 2.24) is 29.2 Å². The number of carbonyl (C=O) groups is 3. The van der Waals surface area contributed by atoms with Gasteiger partial charge in [0.05, 0.1) is 23.5 Å². The second-order valence-electron chi connectivity index (χ2n) is 15.8. The topological polar surface area (TPSA) is 189 Å². The number of H-pyrrole nitrogens is 1. The zero-order valence-corrected chi connectivity index (χ0v) is 32.2. The van der Waals surface area contributed by atoms with Crippen LogP contribution in [-0.4, -0.2) is 85.0 Å². The van der Waals surface area contributed by atoms with Gasteiger partial charge in [0.1, 0.15) is 11.2 Å². The van der Waals surface area contributed by atoms with Crippen LogP contribution in [0.4, 0.5) is 16.4 Å². The first kappa shape index (κ1) is 36.5.